The van der Waals surface area contributed by atoms with Crippen LogP contribution in [0.3, 0.4) is 0 Å². The lowest BCUT2D eigenvalue weighted by molar-refractivity contribution is -0.140. The van der Waals surface area contributed by atoms with Gasteiger partial charge < -0.3 is 15.7 Å². The van der Waals surface area contributed by atoms with Gasteiger partial charge in [0, 0.05) is 13.2 Å². The van der Waals surface area contributed by atoms with Crippen LogP contribution in [0.25, 0.3) is 0 Å². The summed E-state index contributed by atoms with van der Waals surface area (Å²) in [4.78, 5) is 22.6. The molecule has 0 aliphatic heterocycles. The Labute approximate surface area is 105 Å². The van der Waals surface area contributed by atoms with Crippen molar-refractivity contribution in [1.82, 2.24) is 15.1 Å². The van der Waals surface area contributed by atoms with Crippen LogP contribution in [0.1, 0.15) is 19.5 Å². The average molecular weight is 254 g/mol. The maximum atomic E-state index is 11.7. The van der Waals surface area contributed by atoms with Crippen LogP contribution in [0, 0.1) is 12.8 Å². The summed E-state index contributed by atoms with van der Waals surface area (Å²) in [6, 6.07) is -1.46. The van der Waals surface area contributed by atoms with Crippen molar-refractivity contribution >= 4 is 17.7 Å². The third-order valence-corrected chi connectivity index (χ3v) is 2.48. The van der Waals surface area contributed by atoms with Crippen LogP contribution >= 0.6 is 0 Å². The Morgan fingerprint density at radius 3 is 2.44 bits per heavy atom. The number of carboxylic acids is 1. The largest absolute Gasteiger partial charge is 0.480 e. The molecule has 18 heavy (non-hydrogen) atoms. The highest BCUT2D eigenvalue weighted by molar-refractivity contribution is 5.92. The molecule has 1 heterocycles. The van der Waals surface area contributed by atoms with E-state index in [1.54, 1.807) is 38.7 Å². The molecule has 0 aliphatic carbocycles. The van der Waals surface area contributed by atoms with Crippen LogP contribution in [-0.2, 0) is 11.8 Å². The van der Waals surface area contributed by atoms with Gasteiger partial charge in [0.25, 0.3) is 0 Å². The lowest BCUT2D eigenvalue weighted by atomic mass is 10.1. The van der Waals surface area contributed by atoms with Crippen LogP contribution in [0.15, 0.2) is 6.20 Å². The van der Waals surface area contributed by atoms with E-state index in [1.165, 1.54) is 0 Å². The Bertz CT molecular complexity index is 453. The Balaban J connectivity index is 2.66. The Kier molecular flexibility index (Phi) is 4.30. The normalized spacial score (nSPS) is 12.3. The number of aryl methyl sites for hydroxylation is 2. The van der Waals surface area contributed by atoms with Gasteiger partial charge in [-0.3, -0.25) is 4.68 Å². The summed E-state index contributed by atoms with van der Waals surface area (Å²) < 4.78 is 1.57. The molecule has 7 nitrogen and oxygen atoms in total. The van der Waals surface area contributed by atoms with Crippen molar-refractivity contribution in [3.05, 3.63) is 11.9 Å². The van der Waals surface area contributed by atoms with Crippen molar-refractivity contribution in [3.63, 3.8) is 0 Å². The smallest absolute Gasteiger partial charge is 0.326 e. The Morgan fingerprint density at radius 2 is 2.06 bits per heavy atom. The number of amides is 2. The predicted octanol–water partition coefficient (Wildman–Crippen LogP) is 0.959. The number of aromatic nitrogens is 2. The van der Waals surface area contributed by atoms with Crippen LogP contribution in [0.5, 0.6) is 0 Å². The standard InChI is InChI=1S/C11H18N4O3/c1-6(2)9(10(16)17)13-11(18)12-8-5-15(4)14-7(8)3/h5-6,9H,1-4H3,(H,16,17)(H2,12,13,18)/t9-/m1/s1. The van der Waals surface area contributed by atoms with E-state index in [0.29, 0.717) is 11.4 Å². The van der Waals surface area contributed by atoms with Gasteiger partial charge in [0.2, 0.25) is 0 Å². The number of carboxylic acid groups (broad SMARTS) is 1. The van der Waals surface area contributed by atoms with Crippen molar-refractivity contribution in [2.75, 3.05) is 5.32 Å². The van der Waals surface area contributed by atoms with Crippen molar-refractivity contribution in [2.45, 2.75) is 26.8 Å². The fourth-order valence-corrected chi connectivity index (χ4v) is 1.54. The van der Waals surface area contributed by atoms with Crippen LogP contribution in [0.4, 0.5) is 10.5 Å². The van der Waals surface area contributed by atoms with E-state index in [4.69, 9.17) is 5.11 Å². The molecule has 0 bridgehead atoms. The molecule has 0 radical (unpaired) electrons. The highest BCUT2D eigenvalue weighted by Gasteiger charge is 2.23. The number of rotatable bonds is 4. The summed E-state index contributed by atoms with van der Waals surface area (Å²) >= 11 is 0. The average Bonchev–Trinajstić information content (AvgIpc) is 2.53. The Hall–Kier alpha value is -2.05. The molecule has 0 fully saturated rings. The predicted molar refractivity (Wildman–Crippen MR) is 66.4 cm³/mol. The topological polar surface area (TPSA) is 96.3 Å². The second-order valence-electron chi connectivity index (χ2n) is 4.46. The second-order valence-corrected chi connectivity index (χ2v) is 4.46. The van der Waals surface area contributed by atoms with Gasteiger partial charge in [-0.2, -0.15) is 5.10 Å². The minimum Gasteiger partial charge on any atom is -0.480 e. The summed E-state index contributed by atoms with van der Waals surface area (Å²) in [5.41, 5.74) is 1.23. The van der Waals surface area contributed by atoms with Gasteiger partial charge in [-0.15, -0.1) is 0 Å². The number of nitrogens with one attached hydrogen (secondary N) is 2. The van der Waals surface area contributed by atoms with Crippen molar-refractivity contribution in [2.24, 2.45) is 13.0 Å². The Morgan fingerprint density at radius 1 is 1.44 bits per heavy atom. The van der Waals surface area contributed by atoms with E-state index in [0.717, 1.165) is 0 Å². The summed E-state index contributed by atoms with van der Waals surface area (Å²) in [5, 5.41) is 18.0. The third-order valence-electron chi connectivity index (χ3n) is 2.48. The fourth-order valence-electron chi connectivity index (χ4n) is 1.54. The molecular weight excluding hydrogens is 236 g/mol. The summed E-state index contributed by atoms with van der Waals surface area (Å²) in [6.45, 7) is 5.22. The minimum absolute atomic E-state index is 0.191. The first-order chi connectivity index (χ1) is 8.31. The number of carbonyl (C=O) groups excluding carboxylic acids is 1. The number of anilines is 1. The van der Waals surface area contributed by atoms with Crippen LogP contribution in [-0.4, -0.2) is 32.9 Å². The second kappa shape index (κ2) is 5.52. The molecule has 1 aromatic heterocycles. The van der Waals surface area contributed by atoms with Gasteiger partial charge in [0.15, 0.2) is 0 Å². The molecule has 0 spiro atoms. The molecule has 0 saturated carbocycles. The monoisotopic (exact) mass is 254 g/mol. The molecule has 2 amide bonds. The molecule has 0 saturated heterocycles. The first kappa shape index (κ1) is 14.0. The maximum absolute atomic E-state index is 11.7. The van der Waals surface area contributed by atoms with Crippen molar-refractivity contribution in [3.8, 4) is 0 Å². The molecule has 100 valence electrons. The molecule has 0 aromatic carbocycles. The maximum Gasteiger partial charge on any atom is 0.326 e. The van der Waals surface area contributed by atoms with E-state index >= 15 is 0 Å². The van der Waals surface area contributed by atoms with E-state index in [-0.39, 0.29) is 5.92 Å². The number of aliphatic carboxylic acids is 1. The van der Waals surface area contributed by atoms with E-state index in [9.17, 15) is 9.59 Å². The number of carbonyl (C=O) groups is 2. The molecule has 7 heteroatoms. The van der Waals surface area contributed by atoms with Gasteiger partial charge in [0.05, 0.1) is 11.4 Å². The molecule has 0 aliphatic rings. The molecule has 1 rings (SSSR count). The van der Waals surface area contributed by atoms with E-state index < -0.39 is 18.0 Å². The SMILES string of the molecule is Cc1nn(C)cc1NC(=O)N[C@@H](C(=O)O)C(C)C. The first-order valence-corrected chi connectivity index (χ1v) is 5.61. The number of hydrogen-bond acceptors (Lipinski definition) is 3. The zero-order valence-electron chi connectivity index (χ0n) is 10.9. The number of hydrogen-bond donors (Lipinski definition) is 3. The highest BCUT2D eigenvalue weighted by atomic mass is 16.4. The minimum atomic E-state index is -1.05. The van der Waals surface area contributed by atoms with Gasteiger partial charge in [0.1, 0.15) is 6.04 Å². The van der Waals surface area contributed by atoms with Crippen LogP contribution in [0.2, 0.25) is 0 Å². The summed E-state index contributed by atoms with van der Waals surface area (Å²) in [7, 11) is 1.74. The zero-order chi connectivity index (χ0) is 13.9. The summed E-state index contributed by atoms with van der Waals surface area (Å²) in [6.07, 6.45) is 1.65. The van der Waals surface area contributed by atoms with Gasteiger partial charge in [-0.25, -0.2) is 9.59 Å². The first-order valence-electron chi connectivity index (χ1n) is 5.61. The highest BCUT2D eigenvalue weighted by Crippen LogP contribution is 2.11. The van der Waals surface area contributed by atoms with Crippen molar-refractivity contribution in [1.29, 1.82) is 0 Å². The zero-order valence-corrected chi connectivity index (χ0v) is 10.9. The number of nitrogens with zero attached hydrogens (tertiary/aromatic N) is 2. The van der Waals surface area contributed by atoms with Gasteiger partial charge in [-0.05, 0) is 12.8 Å². The van der Waals surface area contributed by atoms with Crippen LogP contribution < -0.4 is 10.6 Å². The summed E-state index contributed by atoms with van der Waals surface area (Å²) in [5.74, 6) is -1.24. The molecule has 0 unspecified atom stereocenters. The third kappa shape index (κ3) is 3.47. The molecule has 1 aromatic rings. The molecular formula is C11H18N4O3. The van der Waals surface area contributed by atoms with Gasteiger partial charge >= 0.3 is 12.0 Å². The van der Waals surface area contributed by atoms with Crippen molar-refractivity contribution < 1.29 is 14.7 Å². The number of urea groups is 1. The molecule has 1 atom stereocenters. The fraction of sp³-hybridized carbons (Fsp3) is 0.545. The lowest BCUT2D eigenvalue weighted by Gasteiger charge is -2.17. The van der Waals surface area contributed by atoms with E-state index in [1.807, 2.05) is 0 Å². The van der Waals surface area contributed by atoms with Gasteiger partial charge in [-0.1, -0.05) is 13.8 Å². The lowest BCUT2D eigenvalue weighted by Crippen LogP contribution is -2.46. The molecule has 3 N–H and O–H groups in total. The quantitative estimate of drug-likeness (QED) is 0.745. The van der Waals surface area contributed by atoms with E-state index in [2.05, 4.69) is 15.7 Å².